The van der Waals surface area contributed by atoms with Crippen LogP contribution in [0.3, 0.4) is 0 Å². The Balaban J connectivity index is 1.79. The van der Waals surface area contributed by atoms with Gasteiger partial charge in [0.05, 0.1) is 17.5 Å². The number of phenols is 1. The average Bonchev–Trinajstić information content (AvgIpc) is 3.08. The number of carbonyl (C=O) groups is 2. The van der Waals surface area contributed by atoms with Crippen LogP contribution in [0.5, 0.6) is 5.75 Å². The van der Waals surface area contributed by atoms with Crippen molar-refractivity contribution in [2.75, 3.05) is 4.90 Å². The molecule has 20 heavy (non-hydrogen) atoms. The molecule has 4 atom stereocenters. The fourth-order valence-corrected chi connectivity index (χ4v) is 4.46. The second-order valence-electron chi connectivity index (χ2n) is 6.39. The molecule has 2 amide bonds. The van der Waals surface area contributed by atoms with Crippen LogP contribution in [0.2, 0.25) is 0 Å². The fourth-order valence-electron chi connectivity index (χ4n) is 4.46. The SMILES string of the molecule is Cc1ccc(O)c(N2C(=O)C3C4CCC(C4)C3C2=O)c1. The van der Waals surface area contributed by atoms with E-state index in [-0.39, 0.29) is 29.4 Å². The molecule has 2 aliphatic carbocycles. The molecule has 4 nitrogen and oxygen atoms in total. The highest BCUT2D eigenvalue weighted by atomic mass is 16.3. The maximum Gasteiger partial charge on any atom is 0.238 e. The van der Waals surface area contributed by atoms with Crippen LogP contribution in [0.25, 0.3) is 0 Å². The van der Waals surface area contributed by atoms with Gasteiger partial charge in [-0.1, -0.05) is 6.07 Å². The number of amides is 2. The van der Waals surface area contributed by atoms with Crippen molar-refractivity contribution in [2.45, 2.75) is 26.2 Å². The third-order valence-corrected chi connectivity index (χ3v) is 5.30. The molecule has 104 valence electrons. The normalized spacial score (nSPS) is 35.0. The zero-order valence-corrected chi connectivity index (χ0v) is 11.4. The van der Waals surface area contributed by atoms with Crippen LogP contribution in [-0.4, -0.2) is 16.9 Å². The first-order valence-corrected chi connectivity index (χ1v) is 7.25. The van der Waals surface area contributed by atoms with Gasteiger partial charge in [-0.3, -0.25) is 9.59 Å². The number of aromatic hydroxyl groups is 1. The predicted molar refractivity (Wildman–Crippen MR) is 73.1 cm³/mol. The molecule has 2 saturated carbocycles. The largest absolute Gasteiger partial charge is 0.506 e. The molecule has 0 radical (unpaired) electrons. The molecule has 1 aromatic carbocycles. The van der Waals surface area contributed by atoms with Crippen LogP contribution in [-0.2, 0) is 9.59 Å². The van der Waals surface area contributed by atoms with Gasteiger partial charge in [-0.15, -0.1) is 0 Å². The first-order chi connectivity index (χ1) is 9.58. The summed E-state index contributed by atoms with van der Waals surface area (Å²) in [4.78, 5) is 26.5. The van der Waals surface area contributed by atoms with E-state index in [9.17, 15) is 14.7 Å². The Morgan fingerprint density at radius 3 is 2.30 bits per heavy atom. The van der Waals surface area contributed by atoms with Crippen molar-refractivity contribution in [1.29, 1.82) is 0 Å². The lowest BCUT2D eigenvalue weighted by Gasteiger charge is -2.19. The average molecular weight is 271 g/mol. The van der Waals surface area contributed by atoms with Gasteiger partial charge in [-0.25, -0.2) is 4.90 Å². The molecule has 1 aromatic rings. The smallest absolute Gasteiger partial charge is 0.238 e. The zero-order chi connectivity index (χ0) is 14.0. The molecule has 3 aliphatic rings. The number of aryl methyl sites for hydroxylation is 1. The second kappa shape index (κ2) is 3.84. The van der Waals surface area contributed by atoms with Gasteiger partial charge in [0, 0.05) is 0 Å². The highest BCUT2D eigenvalue weighted by molar-refractivity contribution is 6.23. The Bertz CT molecular complexity index is 596. The monoisotopic (exact) mass is 271 g/mol. The molecule has 4 unspecified atom stereocenters. The zero-order valence-electron chi connectivity index (χ0n) is 11.4. The molecule has 1 aliphatic heterocycles. The summed E-state index contributed by atoms with van der Waals surface area (Å²) in [6.45, 7) is 1.89. The summed E-state index contributed by atoms with van der Waals surface area (Å²) in [5.74, 6) is 0.268. The summed E-state index contributed by atoms with van der Waals surface area (Å²) < 4.78 is 0. The molecular formula is C16H17NO3. The van der Waals surface area contributed by atoms with Gasteiger partial charge in [-0.2, -0.15) is 0 Å². The minimum atomic E-state index is -0.138. The minimum Gasteiger partial charge on any atom is -0.506 e. The van der Waals surface area contributed by atoms with Crippen molar-refractivity contribution in [2.24, 2.45) is 23.7 Å². The predicted octanol–water partition coefficient (Wildman–Crippen LogP) is 2.24. The minimum absolute atomic E-state index is 0.00428. The van der Waals surface area contributed by atoms with Gasteiger partial charge in [0.2, 0.25) is 11.8 Å². The van der Waals surface area contributed by atoms with E-state index >= 15 is 0 Å². The molecule has 0 spiro atoms. The maximum atomic E-state index is 12.6. The van der Waals surface area contributed by atoms with E-state index in [1.807, 2.05) is 6.92 Å². The molecule has 1 saturated heterocycles. The van der Waals surface area contributed by atoms with Crippen molar-refractivity contribution in [3.05, 3.63) is 23.8 Å². The lowest BCUT2D eigenvalue weighted by molar-refractivity contribution is -0.123. The third-order valence-electron chi connectivity index (χ3n) is 5.30. The van der Waals surface area contributed by atoms with Crippen molar-refractivity contribution < 1.29 is 14.7 Å². The summed E-state index contributed by atoms with van der Waals surface area (Å²) in [5.41, 5.74) is 1.28. The van der Waals surface area contributed by atoms with Crippen molar-refractivity contribution in [3.63, 3.8) is 0 Å². The topological polar surface area (TPSA) is 57.6 Å². The molecule has 4 heteroatoms. The number of benzene rings is 1. The van der Waals surface area contributed by atoms with Gasteiger partial charge in [0.15, 0.2) is 0 Å². The molecule has 1 N–H and O–H groups in total. The molecule has 2 bridgehead atoms. The third kappa shape index (κ3) is 1.37. The number of imide groups is 1. The lowest BCUT2D eigenvalue weighted by Crippen LogP contribution is -2.32. The van der Waals surface area contributed by atoms with Crippen LogP contribution in [0.4, 0.5) is 5.69 Å². The molecule has 1 heterocycles. The van der Waals surface area contributed by atoms with Crippen LogP contribution in [0, 0.1) is 30.6 Å². The number of fused-ring (bicyclic) bond motifs is 5. The van der Waals surface area contributed by atoms with Gasteiger partial charge in [-0.05, 0) is 55.7 Å². The quantitative estimate of drug-likeness (QED) is 0.797. The number of hydrogen-bond donors (Lipinski definition) is 1. The van der Waals surface area contributed by atoms with E-state index in [2.05, 4.69) is 0 Å². The first-order valence-electron chi connectivity index (χ1n) is 7.25. The Morgan fingerprint density at radius 1 is 1.10 bits per heavy atom. The van der Waals surface area contributed by atoms with E-state index in [4.69, 9.17) is 0 Å². The molecule has 3 fully saturated rings. The van der Waals surface area contributed by atoms with Crippen molar-refractivity contribution in [1.82, 2.24) is 0 Å². The number of nitrogens with zero attached hydrogens (tertiary/aromatic N) is 1. The molecule has 0 aromatic heterocycles. The van der Waals surface area contributed by atoms with Gasteiger partial charge in [0.1, 0.15) is 5.75 Å². The Labute approximate surface area is 117 Å². The number of hydrogen-bond acceptors (Lipinski definition) is 3. The van der Waals surface area contributed by atoms with Crippen LogP contribution < -0.4 is 4.90 Å². The Kier molecular flexibility index (Phi) is 2.29. The lowest BCUT2D eigenvalue weighted by atomic mass is 9.81. The Morgan fingerprint density at radius 2 is 1.70 bits per heavy atom. The number of rotatable bonds is 1. The van der Waals surface area contributed by atoms with Gasteiger partial charge in [0.25, 0.3) is 0 Å². The summed E-state index contributed by atoms with van der Waals surface area (Å²) >= 11 is 0. The summed E-state index contributed by atoms with van der Waals surface area (Å²) in [5, 5.41) is 10.00. The first kappa shape index (κ1) is 11.9. The van der Waals surface area contributed by atoms with E-state index in [0.717, 1.165) is 24.8 Å². The fraction of sp³-hybridized carbons (Fsp3) is 0.500. The number of carbonyl (C=O) groups excluding carboxylic acids is 2. The highest BCUT2D eigenvalue weighted by Gasteiger charge is 2.61. The van der Waals surface area contributed by atoms with Gasteiger partial charge >= 0.3 is 0 Å². The van der Waals surface area contributed by atoms with Crippen LogP contribution in [0.15, 0.2) is 18.2 Å². The highest BCUT2D eigenvalue weighted by Crippen LogP contribution is 2.57. The number of phenolic OH excluding ortho intramolecular Hbond substituents is 1. The Hall–Kier alpha value is -1.84. The van der Waals surface area contributed by atoms with Gasteiger partial charge < -0.3 is 5.11 Å². The van der Waals surface area contributed by atoms with Crippen LogP contribution >= 0.6 is 0 Å². The van der Waals surface area contributed by atoms with Crippen LogP contribution in [0.1, 0.15) is 24.8 Å². The van der Waals surface area contributed by atoms with E-state index in [1.54, 1.807) is 18.2 Å². The van der Waals surface area contributed by atoms with Crippen molar-refractivity contribution in [3.8, 4) is 5.75 Å². The summed E-state index contributed by atoms with van der Waals surface area (Å²) in [7, 11) is 0. The van der Waals surface area contributed by atoms with E-state index in [0.29, 0.717) is 17.5 Å². The van der Waals surface area contributed by atoms with Crippen molar-refractivity contribution >= 4 is 17.5 Å². The molecule has 4 rings (SSSR count). The van der Waals surface area contributed by atoms with E-state index < -0.39 is 0 Å². The number of anilines is 1. The summed E-state index contributed by atoms with van der Waals surface area (Å²) in [6, 6.07) is 5.04. The van der Waals surface area contributed by atoms with E-state index in [1.165, 1.54) is 4.90 Å². The maximum absolute atomic E-state index is 12.6. The molecular weight excluding hydrogens is 254 g/mol. The standard InChI is InChI=1S/C16H17NO3/c1-8-2-5-12(18)11(6-8)17-15(19)13-9-3-4-10(7-9)14(13)16(17)20/h2,5-6,9-10,13-14,18H,3-4,7H2,1H3. The second-order valence-corrected chi connectivity index (χ2v) is 6.39. The summed E-state index contributed by atoms with van der Waals surface area (Å²) in [6.07, 6.45) is 3.16.